The molecule has 0 heterocycles. The van der Waals surface area contributed by atoms with Gasteiger partial charge in [-0.2, -0.15) is 0 Å². The third-order valence-corrected chi connectivity index (χ3v) is 6.01. The molecule has 2 heteroatoms. The Hall–Kier alpha value is -1.31. The normalized spacial score (nSPS) is 12.0. The van der Waals surface area contributed by atoms with Crippen molar-refractivity contribution >= 4 is 5.97 Å². The van der Waals surface area contributed by atoms with Crippen molar-refractivity contribution in [1.82, 2.24) is 0 Å². The third kappa shape index (κ3) is 28.7. The molecule has 0 aliphatic heterocycles. The molecule has 0 aliphatic rings. The summed E-state index contributed by atoms with van der Waals surface area (Å²) in [6.45, 7) is 2.22. The summed E-state index contributed by atoms with van der Waals surface area (Å²) in [5, 5.41) is 8.60. The van der Waals surface area contributed by atoms with Crippen molar-refractivity contribution in [1.29, 1.82) is 0 Å². The Balaban J connectivity index is 3.14. The molecule has 0 spiro atoms. The summed E-state index contributed by atoms with van der Waals surface area (Å²) in [5.74, 6) is -0.654. The lowest BCUT2D eigenvalue weighted by atomic mass is 10.0. The van der Waals surface area contributed by atoms with E-state index >= 15 is 0 Å². The second kappa shape index (κ2) is 27.7. The first kappa shape index (κ1) is 30.7. The van der Waals surface area contributed by atoms with E-state index in [1.54, 1.807) is 0 Å². The number of carboxylic acid groups (broad SMARTS) is 1. The Morgan fingerprint density at radius 3 is 1.25 bits per heavy atom. The molecule has 0 rings (SSSR count). The highest BCUT2D eigenvalue weighted by atomic mass is 16.4. The van der Waals surface area contributed by atoms with Gasteiger partial charge in [0, 0.05) is 6.42 Å². The quantitative estimate of drug-likeness (QED) is 0.112. The van der Waals surface area contributed by atoms with Crippen LogP contribution in [0.25, 0.3) is 0 Å². The molecular weight excluding hydrogens is 392 g/mol. The van der Waals surface area contributed by atoms with Gasteiger partial charge in [0.2, 0.25) is 0 Å². The van der Waals surface area contributed by atoms with Crippen LogP contribution in [0.2, 0.25) is 0 Å². The monoisotopic (exact) mass is 446 g/mol. The fourth-order valence-electron chi connectivity index (χ4n) is 3.96. The Labute approximate surface area is 200 Å². The molecule has 0 fully saturated rings. The molecule has 2 nitrogen and oxygen atoms in total. The Bertz CT molecular complexity index is 461. The van der Waals surface area contributed by atoms with Crippen molar-refractivity contribution < 1.29 is 9.90 Å². The second-order valence-electron chi connectivity index (χ2n) is 9.26. The van der Waals surface area contributed by atoms with Crippen LogP contribution in [-0.2, 0) is 4.79 Å². The summed E-state index contributed by atoms with van der Waals surface area (Å²) in [5.41, 5.74) is 0. The molecule has 0 unspecified atom stereocenters. The van der Waals surface area contributed by atoms with Crippen molar-refractivity contribution in [3.05, 3.63) is 36.5 Å². The number of hydrogen-bond donors (Lipinski definition) is 1. The average molecular weight is 447 g/mol. The van der Waals surface area contributed by atoms with Gasteiger partial charge in [-0.1, -0.05) is 140 Å². The molecule has 0 amide bonds. The molecule has 0 saturated heterocycles. The Morgan fingerprint density at radius 1 is 0.500 bits per heavy atom. The van der Waals surface area contributed by atoms with Gasteiger partial charge in [-0.15, -0.1) is 0 Å². The van der Waals surface area contributed by atoms with Gasteiger partial charge in [-0.25, -0.2) is 0 Å². The predicted octanol–water partition coefficient (Wildman–Crippen LogP) is 10.3. The smallest absolute Gasteiger partial charge is 0.303 e. The summed E-state index contributed by atoms with van der Waals surface area (Å²) < 4.78 is 0. The molecule has 0 radical (unpaired) electrons. The largest absolute Gasteiger partial charge is 0.481 e. The molecule has 0 aromatic rings. The number of unbranched alkanes of at least 4 members (excludes halogenated alkanes) is 17. The van der Waals surface area contributed by atoms with Gasteiger partial charge in [0.05, 0.1) is 0 Å². The fraction of sp³-hybridized carbons (Fsp3) is 0.767. The van der Waals surface area contributed by atoms with Crippen molar-refractivity contribution in [3.8, 4) is 0 Å². The number of rotatable bonds is 25. The van der Waals surface area contributed by atoms with E-state index in [1.807, 2.05) is 0 Å². The molecule has 32 heavy (non-hydrogen) atoms. The van der Waals surface area contributed by atoms with E-state index in [0.29, 0.717) is 6.42 Å². The van der Waals surface area contributed by atoms with Crippen molar-refractivity contribution in [2.45, 2.75) is 148 Å². The molecule has 186 valence electrons. The fourth-order valence-corrected chi connectivity index (χ4v) is 3.96. The van der Waals surface area contributed by atoms with E-state index in [2.05, 4.69) is 43.4 Å². The molecule has 1 N–H and O–H groups in total. The van der Waals surface area contributed by atoms with Crippen LogP contribution in [0.4, 0.5) is 0 Å². The van der Waals surface area contributed by atoms with Crippen LogP contribution in [0.3, 0.4) is 0 Å². The second-order valence-corrected chi connectivity index (χ2v) is 9.26. The van der Waals surface area contributed by atoms with Crippen LogP contribution >= 0.6 is 0 Å². The maximum Gasteiger partial charge on any atom is 0.303 e. The van der Waals surface area contributed by atoms with Gasteiger partial charge in [0.1, 0.15) is 0 Å². The summed E-state index contributed by atoms with van der Waals surface area (Å²) in [4.78, 5) is 10.4. The van der Waals surface area contributed by atoms with Crippen LogP contribution in [0, 0.1) is 0 Å². The standard InChI is InChI=1S/C30H54O2/c1-2-3-4-5-6-7-8-9-10-11-12-13-14-15-16-17-18-19-20-21-22-23-24-25-26-27-28-29-30(31)32/h4-5,7-8,10-11H,2-3,6,9,12-29H2,1H3,(H,31,32). The number of carboxylic acids is 1. The predicted molar refractivity (Wildman–Crippen MR) is 142 cm³/mol. The topological polar surface area (TPSA) is 37.3 Å². The molecule has 0 aromatic heterocycles. The molecule has 0 atom stereocenters. The van der Waals surface area contributed by atoms with Crippen molar-refractivity contribution in [3.63, 3.8) is 0 Å². The van der Waals surface area contributed by atoms with Gasteiger partial charge in [-0.05, 0) is 38.5 Å². The lowest BCUT2D eigenvalue weighted by Gasteiger charge is -2.03. The SMILES string of the molecule is CCCC=CCC=CCC=CCCCCCCCCCCCCCCCCCCC(=O)O. The molecular formula is C30H54O2. The first-order valence-corrected chi connectivity index (χ1v) is 13.9. The van der Waals surface area contributed by atoms with Crippen LogP contribution in [0.1, 0.15) is 148 Å². The summed E-state index contributed by atoms with van der Waals surface area (Å²) >= 11 is 0. The number of carbonyl (C=O) groups is 1. The van der Waals surface area contributed by atoms with E-state index in [1.165, 1.54) is 109 Å². The van der Waals surface area contributed by atoms with Crippen molar-refractivity contribution in [2.24, 2.45) is 0 Å². The minimum Gasteiger partial charge on any atom is -0.481 e. The highest BCUT2D eigenvalue weighted by molar-refractivity contribution is 5.66. The van der Waals surface area contributed by atoms with Gasteiger partial charge in [0.15, 0.2) is 0 Å². The zero-order valence-corrected chi connectivity index (χ0v) is 21.4. The van der Waals surface area contributed by atoms with Crippen LogP contribution < -0.4 is 0 Å². The lowest BCUT2D eigenvalue weighted by Crippen LogP contribution is -1.93. The van der Waals surface area contributed by atoms with E-state index < -0.39 is 5.97 Å². The van der Waals surface area contributed by atoms with E-state index in [9.17, 15) is 4.79 Å². The molecule has 0 bridgehead atoms. The van der Waals surface area contributed by atoms with Crippen LogP contribution in [0.5, 0.6) is 0 Å². The summed E-state index contributed by atoms with van der Waals surface area (Å²) in [6.07, 6.45) is 41.1. The Morgan fingerprint density at radius 2 is 0.844 bits per heavy atom. The van der Waals surface area contributed by atoms with Crippen molar-refractivity contribution in [2.75, 3.05) is 0 Å². The molecule has 0 aromatic carbocycles. The first-order valence-electron chi connectivity index (χ1n) is 13.9. The highest BCUT2D eigenvalue weighted by Gasteiger charge is 1.97. The maximum atomic E-state index is 10.4. The zero-order valence-electron chi connectivity index (χ0n) is 21.4. The van der Waals surface area contributed by atoms with Crippen LogP contribution in [-0.4, -0.2) is 11.1 Å². The van der Waals surface area contributed by atoms with Gasteiger partial charge in [-0.3, -0.25) is 4.79 Å². The van der Waals surface area contributed by atoms with Gasteiger partial charge in [0.25, 0.3) is 0 Å². The Kier molecular flexibility index (Phi) is 26.6. The van der Waals surface area contributed by atoms with E-state index in [-0.39, 0.29) is 0 Å². The number of hydrogen-bond acceptors (Lipinski definition) is 1. The molecule has 0 saturated carbocycles. The zero-order chi connectivity index (χ0) is 23.4. The average Bonchev–Trinajstić information content (AvgIpc) is 2.78. The minimum absolute atomic E-state index is 0.340. The van der Waals surface area contributed by atoms with E-state index in [0.717, 1.165) is 25.7 Å². The van der Waals surface area contributed by atoms with Gasteiger partial charge >= 0.3 is 5.97 Å². The van der Waals surface area contributed by atoms with Crippen LogP contribution in [0.15, 0.2) is 36.5 Å². The lowest BCUT2D eigenvalue weighted by molar-refractivity contribution is -0.137. The van der Waals surface area contributed by atoms with E-state index in [4.69, 9.17) is 5.11 Å². The van der Waals surface area contributed by atoms with Gasteiger partial charge < -0.3 is 5.11 Å². The number of aliphatic carboxylic acids is 1. The first-order chi connectivity index (χ1) is 15.8. The molecule has 0 aliphatic carbocycles. The maximum absolute atomic E-state index is 10.4. The summed E-state index contributed by atoms with van der Waals surface area (Å²) in [6, 6.07) is 0. The highest BCUT2D eigenvalue weighted by Crippen LogP contribution is 2.14. The number of allylic oxidation sites excluding steroid dienone is 6. The summed E-state index contributed by atoms with van der Waals surface area (Å²) in [7, 11) is 0. The third-order valence-electron chi connectivity index (χ3n) is 6.01. The minimum atomic E-state index is -0.654.